The summed E-state index contributed by atoms with van der Waals surface area (Å²) in [6.07, 6.45) is 1.21. The average molecular weight is 445 g/mol. The van der Waals surface area contributed by atoms with Crippen molar-refractivity contribution in [1.29, 1.82) is 0 Å². The first-order valence-electron chi connectivity index (χ1n) is 8.12. The SMILES string of the molecule is COC(=O)C1CC1C(=O)c1cc2c(F)c(OCCCBr)c(OC)cc2s1. The van der Waals surface area contributed by atoms with Crippen molar-refractivity contribution in [2.45, 2.75) is 12.8 Å². The standard InChI is InChI=1S/C18H18BrFO5S/c1-23-12-8-13-11(15(20)17(12)25-5-3-4-19)7-14(26-13)16(21)9-6-10(9)18(22)24-2/h7-10H,3-6H2,1-2H3. The van der Waals surface area contributed by atoms with Gasteiger partial charge in [-0.1, -0.05) is 15.9 Å². The molecule has 0 aliphatic heterocycles. The normalized spacial score (nSPS) is 18.6. The zero-order chi connectivity index (χ0) is 18.8. The molecule has 1 aliphatic rings. The lowest BCUT2D eigenvalue weighted by atomic mass is 10.1. The van der Waals surface area contributed by atoms with Crippen molar-refractivity contribution >= 4 is 49.1 Å². The molecule has 8 heteroatoms. The van der Waals surface area contributed by atoms with Crippen LogP contribution < -0.4 is 9.47 Å². The van der Waals surface area contributed by atoms with Gasteiger partial charge in [-0.3, -0.25) is 9.59 Å². The molecular weight excluding hydrogens is 427 g/mol. The van der Waals surface area contributed by atoms with Gasteiger partial charge in [-0.25, -0.2) is 4.39 Å². The van der Waals surface area contributed by atoms with E-state index in [1.807, 2.05) is 0 Å². The lowest BCUT2D eigenvalue weighted by Crippen LogP contribution is -2.09. The van der Waals surface area contributed by atoms with E-state index in [1.165, 1.54) is 31.6 Å². The van der Waals surface area contributed by atoms with E-state index >= 15 is 0 Å². The van der Waals surface area contributed by atoms with Crippen LogP contribution in [-0.4, -0.2) is 37.9 Å². The van der Waals surface area contributed by atoms with Crippen LogP contribution in [0.2, 0.25) is 0 Å². The van der Waals surface area contributed by atoms with Gasteiger partial charge >= 0.3 is 5.97 Å². The quantitative estimate of drug-likeness (QED) is 0.264. The van der Waals surface area contributed by atoms with Crippen LogP contribution in [0, 0.1) is 17.7 Å². The Morgan fingerprint density at radius 2 is 2.08 bits per heavy atom. The third kappa shape index (κ3) is 3.57. The van der Waals surface area contributed by atoms with E-state index in [-0.39, 0.29) is 29.3 Å². The van der Waals surface area contributed by atoms with Crippen LogP contribution in [0.1, 0.15) is 22.5 Å². The van der Waals surface area contributed by atoms with E-state index in [0.717, 1.165) is 11.8 Å². The number of thiophene rings is 1. The van der Waals surface area contributed by atoms with Crippen molar-refractivity contribution < 1.29 is 28.2 Å². The number of fused-ring (bicyclic) bond motifs is 1. The summed E-state index contributed by atoms with van der Waals surface area (Å²) in [5.41, 5.74) is 0. The van der Waals surface area contributed by atoms with Gasteiger partial charge in [0.05, 0.1) is 31.6 Å². The van der Waals surface area contributed by atoms with Gasteiger partial charge in [0.15, 0.2) is 23.1 Å². The predicted octanol–water partition coefficient (Wildman–Crippen LogP) is 4.20. The van der Waals surface area contributed by atoms with Crippen LogP contribution in [0.15, 0.2) is 12.1 Å². The minimum absolute atomic E-state index is 0.0524. The molecule has 1 aliphatic carbocycles. The first-order chi connectivity index (χ1) is 12.5. The average Bonchev–Trinajstić information content (AvgIpc) is 3.33. The second-order valence-corrected chi connectivity index (χ2v) is 7.85. The number of alkyl halides is 1. The van der Waals surface area contributed by atoms with Gasteiger partial charge in [0.1, 0.15) is 0 Å². The van der Waals surface area contributed by atoms with Crippen molar-refractivity contribution in [1.82, 2.24) is 0 Å². The Labute approximate surface area is 162 Å². The van der Waals surface area contributed by atoms with Crippen molar-refractivity contribution in [3.8, 4) is 11.5 Å². The molecule has 2 unspecified atom stereocenters. The van der Waals surface area contributed by atoms with Crippen LogP contribution in [-0.2, 0) is 9.53 Å². The number of carbonyl (C=O) groups excluding carboxylic acids is 2. The van der Waals surface area contributed by atoms with E-state index in [4.69, 9.17) is 9.47 Å². The van der Waals surface area contributed by atoms with Crippen LogP contribution in [0.5, 0.6) is 11.5 Å². The van der Waals surface area contributed by atoms with Crippen molar-refractivity contribution in [3.05, 3.63) is 22.8 Å². The minimum Gasteiger partial charge on any atom is -0.493 e. The first-order valence-corrected chi connectivity index (χ1v) is 10.1. The van der Waals surface area contributed by atoms with E-state index in [1.54, 1.807) is 6.07 Å². The van der Waals surface area contributed by atoms with E-state index in [0.29, 0.717) is 33.7 Å². The zero-order valence-electron chi connectivity index (χ0n) is 14.3. The van der Waals surface area contributed by atoms with Crippen molar-refractivity contribution in [2.75, 3.05) is 26.2 Å². The van der Waals surface area contributed by atoms with Gasteiger partial charge in [0.2, 0.25) is 0 Å². The monoisotopic (exact) mass is 444 g/mol. The molecule has 1 fully saturated rings. The largest absolute Gasteiger partial charge is 0.493 e. The fraction of sp³-hybridized carbons (Fsp3) is 0.444. The second-order valence-electron chi connectivity index (χ2n) is 5.97. The summed E-state index contributed by atoms with van der Waals surface area (Å²) in [5, 5.41) is 1.07. The molecule has 2 atom stereocenters. The molecule has 0 amide bonds. The number of esters is 1. The summed E-state index contributed by atoms with van der Waals surface area (Å²) in [4.78, 5) is 24.5. The number of carbonyl (C=O) groups is 2. The molecule has 2 aromatic rings. The van der Waals surface area contributed by atoms with Crippen LogP contribution >= 0.6 is 27.3 Å². The molecule has 0 spiro atoms. The fourth-order valence-corrected chi connectivity index (χ4v) is 4.13. The molecular formula is C18H18BrFO5S. The Morgan fingerprint density at radius 1 is 1.31 bits per heavy atom. The fourth-order valence-electron chi connectivity index (χ4n) is 2.81. The molecule has 1 saturated carbocycles. The third-order valence-corrected chi connectivity index (χ3v) is 5.96. The number of rotatable bonds is 8. The van der Waals surface area contributed by atoms with Crippen LogP contribution in [0.3, 0.4) is 0 Å². The molecule has 0 saturated heterocycles. The smallest absolute Gasteiger partial charge is 0.309 e. The third-order valence-electron chi connectivity index (χ3n) is 4.30. The van der Waals surface area contributed by atoms with Gasteiger partial charge in [0.25, 0.3) is 0 Å². The summed E-state index contributed by atoms with van der Waals surface area (Å²) in [6.45, 7) is 0.350. The van der Waals surface area contributed by atoms with Gasteiger partial charge in [-0.2, -0.15) is 0 Å². The Hall–Kier alpha value is -1.67. The number of hydrogen-bond donors (Lipinski definition) is 0. The highest BCUT2D eigenvalue weighted by Gasteiger charge is 2.49. The number of benzene rings is 1. The molecule has 0 bridgehead atoms. The summed E-state index contributed by atoms with van der Waals surface area (Å²) >= 11 is 4.49. The van der Waals surface area contributed by atoms with Crippen LogP contribution in [0.25, 0.3) is 10.1 Å². The Morgan fingerprint density at radius 3 is 2.73 bits per heavy atom. The predicted molar refractivity (Wildman–Crippen MR) is 100 cm³/mol. The van der Waals surface area contributed by atoms with Gasteiger partial charge in [0, 0.05) is 27.4 Å². The molecule has 140 valence electrons. The summed E-state index contributed by atoms with van der Waals surface area (Å²) in [5.74, 6) is -1.48. The maximum atomic E-state index is 14.9. The van der Waals surface area contributed by atoms with E-state index < -0.39 is 5.82 Å². The van der Waals surface area contributed by atoms with Gasteiger partial charge in [-0.05, 0) is 18.9 Å². The Balaban J connectivity index is 1.90. The first kappa shape index (κ1) is 19.1. The second kappa shape index (κ2) is 7.92. The summed E-state index contributed by atoms with van der Waals surface area (Å²) in [6, 6.07) is 3.20. The lowest BCUT2D eigenvalue weighted by Gasteiger charge is -2.11. The molecule has 3 rings (SSSR count). The topological polar surface area (TPSA) is 61.8 Å². The van der Waals surface area contributed by atoms with Gasteiger partial charge in [-0.15, -0.1) is 11.3 Å². The number of ether oxygens (including phenoxy) is 3. The molecule has 0 radical (unpaired) electrons. The summed E-state index contributed by atoms with van der Waals surface area (Å²) in [7, 11) is 2.75. The number of Topliss-reactive ketones (excluding diaryl/α,β-unsaturated/α-hetero) is 1. The number of methoxy groups -OCH3 is 2. The summed E-state index contributed by atoms with van der Waals surface area (Å²) < 4.78 is 31.0. The minimum atomic E-state index is -0.537. The Bertz CT molecular complexity index is 850. The maximum Gasteiger partial charge on any atom is 0.309 e. The highest BCUT2D eigenvalue weighted by molar-refractivity contribution is 9.09. The lowest BCUT2D eigenvalue weighted by molar-refractivity contribution is -0.142. The molecule has 1 heterocycles. The maximum absolute atomic E-state index is 14.9. The van der Waals surface area contributed by atoms with Crippen molar-refractivity contribution in [2.24, 2.45) is 11.8 Å². The molecule has 1 aromatic carbocycles. The number of halogens is 2. The van der Waals surface area contributed by atoms with Gasteiger partial charge < -0.3 is 14.2 Å². The van der Waals surface area contributed by atoms with E-state index in [2.05, 4.69) is 20.7 Å². The molecule has 0 N–H and O–H groups in total. The highest BCUT2D eigenvalue weighted by Crippen LogP contribution is 2.45. The zero-order valence-corrected chi connectivity index (χ0v) is 16.7. The van der Waals surface area contributed by atoms with Crippen LogP contribution in [0.4, 0.5) is 4.39 Å². The van der Waals surface area contributed by atoms with Crippen molar-refractivity contribution in [3.63, 3.8) is 0 Å². The molecule has 1 aromatic heterocycles. The number of ketones is 1. The molecule has 5 nitrogen and oxygen atoms in total. The van der Waals surface area contributed by atoms with E-state index in [9.17, 15) is 14.0 Å². The Kier molecular flexibility index (Phi) is 5.82. The highest BCUT2D eigenvalue weighted by atomic mass is 79.9. The number of hydrogen-bond acceptors (Lipinski definition) is 6. The molecule has 26 heavy (non-hydrogen) atoms.